The quantitative estimate of drug-likeness (QED) is 0.404. The van der Waals surface area contributed by atoms with Gasteiger partial charge in [0.1, 0.15) is 6.10 Å². The maximum Gasteiger partial charge on any atom is 0.252 e. The van der Waals surface area contributed by atoms with Crippen molar-refractivity contribution in [2.45, 2.75) is 29.7 Å². The zero-order valence-electron chi connectivity index (χ0n) is 12.9. The van der Waals surface area contributed by atoms with Crippen LogP contribution in [0.4, 0.5) is 5.13 Å². The summed E-state index contributed by atoms with van der Waals surface area (Å²) in [6.07, 6.45) is 3.07. The van der Waals surface area contributed by atoms with E-state index in [1.165, 1.54) is 11.3 Å². The van der Waals surface area contributed by atoms with Gasteiger partial charge < -0.3 is 10.6 Å². The molecule has 0 atom stereocenters. The highest BCUT2D eigenvalue weighted by molar-refractivity contribution is 8.16. The number of thioether (sulfide) groups is 1. The van der Waals surface area contributed by atoms with Gasteiger partial charge in [-0.25, -0.2) is 4.98 Å². The normalized spacial score (nSPS) is 15.3. The van der Waals surface area contributed by atoms with Crippen LogP contribution in [0.5, 0.6) is 0 Å². The van der Waals surface area contributed by atoms with Gasteiger partial charge in [0.05, 0.1) is 10.2 Å². The third-order valence-electron chi connectivity index (χ3n) is 3.65. The van der Waals surface area contributed by atoms with E-state index in [4.69, 9.17) is 10.6 Å². The molecule has 10 heteroatoms. The molecule has 0 unspecified atom stereocenters. The van der Waals surface area contributed by atoms with Crippen LogP contribution >= 0.6 is 34.6 Å². The Hall–Kier alpha value is -2.04. The number of hydrogen-bond acceptors (Lipinski definition) is 10. The van der Waals surface area contributed by atoms with Crippen LogP contribution < -0.4 is 5.73 Å². The number of carbonyl (C=O) groups is 1. The van der Waals surface area contributed by atoms with Gasteiger partial charge in [-0.2, -0.15) is 9.36 Å². The Bertz CT molecular complexity index is 914. The van der Waals surface area contributed by atoms with E-state index < -0.39 is 0 Å². The molecule has 1 aliphatic rings. The van der Waals surface area contributed by atoms with Gasteiger partial charge >= 0.3 is 0 Å². The molecule has 3 aromatic rings. The lowest BCUT2D eigenvalue weighted by Crippen LogP contribution is -2.22. The zero-order chi connectivity index (χ0) is 17.2. The number of hydrogen-bond donors (Lipinski definition) is 1. The van der Waals surface area contributed by atoms with Crippen LogP contribution in [0.3, 0.4) is 0 Å². The van der Waals surface area contributed by atoms with Gasteiger partial charge in [0.2, 0.25) is 11.5 Å². The highest BCUT2D eigenvalue weighted by Gasteiger charge is 2.25. The van der Waals surface area contributed by atoms with Crippen LogP contribution in [0, 0.1) is 0 Å². The van der Waals surface area contributed by atoms with Gasteiger partial charge in [-0.3, -0.25) is 4.79 Å². The van der Waals surface area contributed by atoms with Crippen molar-refractivity contribution in [2.24, 2.45) is 5.16 Å². The van der Waals surface area contributed by atoms with E-state index in [1.807, 2.05) is 24.3 Å². The van der Waals surface area contributed by atoms with Gasteiger partial charge in [0, 0.05) is 11.5 Å². The summed E-state index contributed by atoms with van der Waals surface area (Å²) in [5.41, 5.74) is 6.57. The number of anilines is 1. The summed E-state index contributed by atoms with van der Waals surface area (Å²) < 4.78 is 5.76. The van der Waals surface area contributed by atoms with Crippen LogP contribution in [0.1, 0.15) is 25.1 Å². The lowest BCUT2D eigenvalue weighted by molar-refractivity contribution is -0.105. The fourth-order valence-corrected chi connectivity index (χ4v) is 4.45. The summed E-state index contributed by atoms with van der Waals surface area (Å²) in [7, 11) is 0. The Morgan fingerprint density at radius 1 is 1.32 bits per heavy atom. The standard InChI is InChI=1S/C15H13N5O2S3/c16-14-18-12(20-25-14)11(19-22-8-4-3-5-8)13(21)24-15-17-9-6-1-2-7-10(9)23-15/h1-2,6-8H,3-5H2,(H2,16,18,20)/b19-11-. The first-order chi connectivity index (χ1) is 12.2. The minimum absolute atomic E-state index is 0.0613. The van der Waals surface area contributed by atoms with Crippen LogP contribution in [0.2, 0.25) is 0 Å². The molecule has 1 fully saturated rings. The zero-order valence-corrected chi connectivity index (χ0v) is 15.4. The fourth-order valence-electron chi connectivity index (χ4n) is 2.13. The Balaban J connectivity index is 1.57. The second kappa shape index (κ2) is 7.06. The molecule has 25 heavy (non-hydrogen) atoms. The average molecular weight is 392 g/mol. The first-order valence-electron chi connectivity index (χ1n) is 7.60. The number of para-hydroxylation sites is 1. The molecule has 4 rings (SSSR count). The molecular weight excluding hydrogens is 378 g/mol. The molecule has 2 aromatic heterocycles. The smallest absolute Gasteiger partial charge is 0.252 e. The summed E-state index contributed by atoms with van der Waals surface area (Å²) in [6, 6.07) is 7.74. The van der Waals surface area contributed by atoms with E-state index in [1.54, 1.807) is 0 Å². The first-order valence-corrected chi connectivity index (χ1v) is 10.0. The first kappa shape index (κ1) is 16.4. The summed E-state index contributed by atoms with van der Waals surface area (Å²) in [6.45, 7) is 0. The highest BCUT2D eigenvalue weighted by atomic mass is 32.2. The molecule has 0 spiro atoms. The van der Waals surface area contributed by atoms with Crippen molar-refractivity contribution < 1.29 is 9.63 Å². The largest absolute Gasteiger partial charge is 0.392 e. The van der Waals surface area contributed by atoms with Crippen molar-refractivity contribution in [3.63, 3.8) is 0 Å². The van der Waals surface area contributed by atoms with Crippen LogP contribution in [0.25, 0.3) is 10.2 Å². The summed E-state index contributed by atoms with van der Waals surface area (Å²) >= 11 is 3.48. The van der Waals surface area contributed by atoms with E-state index in [2.05, 4.69) is 19.5 Å². The maximum absolute atomic E-state index is 12.7. The number of nitrogens with two attached hydrogens (primary N) is 1. The third kappa shape index (κ3) is 3.65. The summed E-state index contributed by atoms with van der Waals surface area (Å²) in [5, 5.41) is 4.00. The van der Waals surface area contributed by atoms with Gasteiger partial charge in [-0.15, -0.1) is 11.3 Å². The van der Waals surface area contributed by atoms with E-state index in [0.717, 1.165) is 52.8 Å². The maximum atomic E-state index is 12.7. The molecule has 0 radical (unpaired) electrons. The predicted octanol–water partition coefficient (Wildman–Crippen LogP) is 3.32. The minimum atomic E-state index is -0.309. The molecule has 1 saturated carbocycles. The third-order valence-corrected chi connectivity index (χ3v) is 6.16. The highest BCUT2D eigenvalue weighted by Crippen LogP contribution is 2.31. The number of fused-ring (bicyclic) bond motifs is 1. The number of nitrogen functional groups attached to an aromatic ring is 1. The topological polar surface area (TPSA) is 103 Å². The molecule has 0 saturated heterocycles. The average Bonchev–Trinajstić information content (AvgIpc) is 3.15. The van der Waals surface area contributed by atoms with Gasteiger partial charge in [-0.1, -0.05) is 17.3 Å². The molecule has 0 aliphatic heterocycles. The van der Waals surface area contributed by atoms with Gasteiger partial charge in [0.25, 0.3) is 5.12 Å². The van der Waals surface area contributed by atoms with Gasteiger partial charge in [-0.05, 0) is 43.2 Å². The van der Waals surface area contributed by atoms with Crippen molar-refractivity contribution in [3.8, 4) is 0 Å². The Labute approximate surface area is 155 Å². The minimum Gasteiger partial charge on any atom is -0.392 e. The van der Waals surface area contributed by atoms with Crippen molar-refractivity contribution in [2.75, 3.05) is 5.73 Å². The summed E-state index contributed by atoms with van der Waals surface area (Å²) in [5.74, 6) is 0.195. The number of carbonyl (C=O) groups excluding carboxylic acids is 1. The number of aromatic nitrogens is 3. The molecule has 1 aromatic carbocycles. The van der Waals surface area contributed by atoms with Gasteiger partial charge in [0.15, 0.2) is 9.47 Å². The number of rotatable bonds is 5. The molecule has 0 amide bonds. The molecule has 2 heterocycles. The molecular formula is C15H13N5O2S3. The van der Waals surface area contributed by atoms with Crippen LogP contribution in [0.15, 0.2) is 33.8 Å². The second-order valence-electron chi connectivity index (χ2n) is 5.39. The molecule has 2 N–H and O–H groups in total. The van der Waals surface area contributed by atoms with Crippen molar-refractivity contribution in [1.82, 2.24) is 14.3 Å². The van der Waals surface area contributed by atoms with E-state index in [-0.39, 0.29) is 27.9 Å². The van der Waals surface area contributed by atoms with E-state index >= 15 is 0 Å². The van der Waals surface area contributed by atoms with Crippen molar-refractivity contribution in [3.05, 3.63) is 30.1 Å². The number of nitrogens with zero attached hydrogens (tertiary/aromatic N) is 4. The predicted molar refractivity (Wildman–Crippen MR) is 100 cm³/mol. The molecule has 128 valence electrons. The molecule has 7 nitrogen and oxygen atoms in total. The van der Waals surface area contributed by atoms with Crippen LogP contribution in [-0.4, -0.2) is 31.3 Å². The monoisotopic (exact) mass is 391 g/mol. The molecule has 0 bridgehead atoms. The summed E-state index contributed by atoms with van der Waals surface area (Å²) in [4.78, 5) is 26.7. The lowest BCUT2D eigenvalue weighted by atomic mass is 9.97. The van der Waals surface area contributed by atoms with E-state index in [9.17, 15) is 4.79 Å². The fraction of sp³-hybridized carbons (Fsp3) is 0.267. The van der Waals surface area contributed by atoms with Crippen LogP contribution in [-0.2, 0) is 9.63 Å². The Morgan fingerprint density at radius 3 is 2.84 bits per heavy atom. The Morgan fingerprint density at radius 2 is 2.16 bits per heavy atom. The van der Waals surface area contributed by atoms with Crippen molar-refractivity contribution in [1.29, 1.82) is 0 Å². The number of benzene rings is 1. The van der Waals surface area contributed by atoms with Crippen molar-refractivity contribution >= 4 is 60.8 Å². The SMILES string of the molecule is Nc1nc(/C(=N/OC2CCC2)C(=O)Sc2nc3ccccc3s2)ns1. The number of thiazole rings is 1. The molecule has 1 aliphatic carbocycles. The van der Waals surface area contributed by atoms with E-state index in [0.29, 0.717) is 4.34 Å². The number of oxime groups is 1. The second-order valence-corrected chi connectivity index (χ2v) is 8.43. The Kier molecular flexibility index (Phi) is 4.64. The lowest BCUT2D eigenvalue weighted by Gasteiger charge is -2.22.